The largest absolute Gasteiger partial charge is 1.00 e. The Hall–Kier alpha value is 0.400. The van der Waals surface area contributed by atoms with E-state index in [0.29, 0.717) is 4.59 Å². The predicted molar refractivity (Wildman–Crippen MR) is 36.1 cm³/mol. The molecule has 0 aromatic heterocycles. The minimum Gasteiger partial charge on any atom is -1.00 e. The number of quaternary nitrogens is 1. The summed E-state index contributed by atoms with van der Waals surface area (Å²) in [6, 6.07) is 0. The van der Waals surface area contributed by atoms with Crippen LogP contribution in [0.2, 0.25) is 0 Å². The second-order valence-corrected chi connectivity index (χ2v) is 2.86. The number of unbranched alkanes of at least 4 members (excludes halogenated alkanes) is 1. The zero-order valence-electron chi connectivity index (χ0n) is 6.52. The van der Waals surface area contributed by atoms with Crippen LogP contribution in [0.1, 0.15) is 19.8 Å². The van der Waals surface area contributed by atoms with E-state index >= 15 is 0 Å². The van der Waals surface area contributed by atoms with Crippen molar-refractivity contribution in [2.75, 3.05) is 20.6 Å². The highest BCUT2D eigenvalue weighted by molar-refractivity contribution is 4.28. The van der Waals surface area contributed by atoms with Crippen LogP contribution in [0.3, 0.4) is 0 Å². The number of hydrogen-bond acceptors (Lipinski definition) is 1. The van der Waals surface area contributed by atoms with Crippen molar-refractivity contribution in [1.29, 1.82) is 0 Å². The number of nitrogens with zero attached hydrogens (tertiary/aromatic N) is 1. The molecule has 0 aromatic carbocycles. The molecule has 0 aliphatic rings. The van der Waals surface area contributed by atoms with Crippen molar-refractivity contribution in [3.8, 4) is 0 Å². The quantitative estimate of drug-likeness (QED) is 0.308. The van der Waals surface area contributed by atoms with Gasteiger partial charge in [0.25, 0.3) is 0 Å². The number of hydrogen-bond donors (Lipinski definition) is 1. The van der Waals surface area contributed by atoms with Crippen molar-refractivity contribution in [1.82, 2.24) is 0 Å². The molecule has 0 unspecified atom stereocenters. The van der Waals surface area contributed by atoms with Crippen molar-refractivity contribution in [2.45, 2.75) is 19.8 Å². The summed E-state index contributed by atoms with van der Waals surface area (Å²) in [5, 5.41) is 0. The maximum absolute atomic E-state index is 5.66. The Morgan fingerprint density at radius 3 is 1.89 bits per heavy atom. The fourth-order valence-electron chi connectivity index (χ4n) is 0.566. The van der Waals surface area contributed by atoms with Gasteiger partial charge in [-0.2, -0.15) is 5.84 Å². The molecule has 0 atom stereocenters. The van der Waals surface area contributed by atoms with Crippen LogP contribution in [0.25, 0.3) is 0 Å². The molecule has 0 aromatic rings. The lowest BCUT2D eigenvalue weighted by Crippen LogP contribution is -3.00. The van der Waals surface area contributed by atoms with Crippen LogP contribution < -0.4 is 22.8 Å². The van der Waals surface area contributed by atoms with Gasteiger partial charge in [0.2, 0.25) is 0 Å². The first kappa shape index (κ1) is 12.1. The lowest BCUT2D eigenvalue weighted by Gasteiger charge is -2.21. The zero-order valence-corrected chi connectivity index (χ0v) is 8.11. The molecule has 0 aliphatic carbocycles. The second-order valence-electron chi connectivity index (χ2n) is 2.86. The molecule has 0 aliphatic heterocycles. The van der Waals surface area contributed by atoms with Gasteiger partial charge in [-0.05, 0) is 6.42 Å². The third-order valence-electron chi connectivity index (χ3n) is 1.09. The van der Waals surface area contributed by atoms with Crippen molar-refractivity contribution in [3.63, 3.8) is 0 Å². The van der Waals surface area contributed by atoms with Gasteiger partial charge in [-0.15, -0.1) is 0 Å². The molecule has 0 saturated heterocycles. The summed E-state index contributed by atoms with van der Waals surface area (Å²) in [4.78, 5) is 0. The van der Waals surface area contributed by atoms with Crippen LogP contribution in [-0.4, -0.2) is 25.2 Å². The van der Waals surface area contributed by atoms with Crippen molar-refractivity contribution >= 4 is 0 Å². The topological polar surface area (TPSA) is 26.0 Å². The number of halogens is 1. The molecular weight excluding hydrogens is 180 g/mol. The van der Waals surface area contributed by atoms with E-state index in [4.69, 9.17) is 5.84 Å². The van der Waals surface area contributed by atoms with Crippen LogP contribution in [-0.2, 0) is 0 Å². The Labute approximate surface area is 68.4 Å². The molecule has 0 rings (SSSR count). The van der Waals surface area contributed by atoms with Crippen LogP contribution >= 0.6 is 0 Å². The first-order valence-electron chi connectivity index (χ1n) is 3.18. The van der Waals surface area contributed by atoms with E-state index in [1.54, 1.807) is 0 Å². The highest BCUT2D eigenvalue weighted by Crippen LogP contribution is 1.91. The van der Waals surface area contributed by atoms with E-state index in [1.165, 1.54) is 12.8 Å². The normalized spacial score (nSPS) is 10.7. The van der Waals surface area contributed by atoms with E-state index in [1.807, 2.05) is 14.1 Å². The summed E-state index contributed by atoms with van der Waals surface area (Å²) in [7, 11) is 4.02. The second kappa shape index (κ2) is 5.21. The van der Waals surface area contributed by atoms with Crippen LogP contribution in [0, 0.1) is 0 Å². The molecule has 58 valence electrons. The first-order valence-corrected chi connectivity index (χ1v) is 3.18. The fraction of sp³-hybridized carbons (Fsp3) is 1.00. The van der Waals surface area contributed by atoms with E-state index in [0.717, 1.165) is 6.54 Å². The highest BCUT2D eigenvalue weighted by atomic mass is 79.9. The van der Waals surface area contributed by atoms with Gasteiger partial charge in [0.1, 0.15) is 0 Å². The van der Waals surface area contributed by atoms with E-state index < -0.39 is 0 Å². The van der Waals surface area contributed by atoms with Gasteiger partial charge >= 0.3 is 0 Å². The van der Waals surface area contributed by atoms with Gasteiger partial charge in [0, 0.05) is 0 Å². The third-order valence-corrected chi connectivity index (χ3v) is 1.09. The zero-order chi connectivity index (χ0) is 6.62. The van der Waals surface area contributed by atoms with Crippen molar-refractivity contribution < 1.29 is 21.6 Å². The molecule has 0 fully saturated rings. The average molecular weight is 197 g/mol. The summed E-state index contributed by atoms with van der Waals surface area (Å²) in [6.07, 6.45) is 2.46. The minimum atomic E-state index is 0. The first-order chi connectivity index (χ1) is 3.56. The molecule has 0 spiro atoms. The Morgan fingerprint density at radius 1 is 1.33 bits per heavy atom. The Morgan fingerprint density at radius 2 is 1.78 bits per heavy atom. The lowest BCUT2D eigenvalue weighted by molar-refractivity contribution is -0.902. The molecule has 0 radical (unpaired) electrons. The van der Waals surface area contributed by atoms with Gasteiger partial charge in [-0.25, -0.2) is 0 Å². The van der Waals surface area contributed by atoms with E-state index in [9.17, 15) is 0 Å². The highest BCUT2D eigenvalue weighted by Gasteiger charge is 2.04. The van der Waals surface area contributed by atoms with Gasteiger partial charge < -0.3 is 17.0 Å². The number of rotatable bonds is 3. The van der Waals surface area contributed by atoms with Crippen LogP contribution in [0.15, 0.2) is 0 Å². The van der Waals surface area contributed by atoms with Gasteiger partial charge in [-0.3, -0.25) is 4.59 Å². The lowest BCUT2D eigenvalue weighted by atomic mass is 10.3. The van der Waals surface area contributed by atoms with Crippen molar-refractivity contribution in [3.05, 3.63) is 0 Å². The van der Waals surface area contributed by atoms with Crippen LogP contribution in [0.5, 0.6) is 0 Å². The third kappa shape index (κ3) is 11.8. The maximum Gasteiger partial charge on any atom is 0.0955 e. The molecule has 2 N–H and O–H groups in total. The molecule has 0 bridgehead atoms. The van der Waals surface area contributed by atoms with Gasteiger partial charge in [-0.1, -0.05) is 13.3 Å². The summed E-state index contributed by atoms with van der Waals surface area (Å²) in [5.74, 6) is 5.66. The summed E-state index contributed by atoms with van der Waals surface area (Å²) < 4.78 is 0.605. The van der Waals surface area contributed by atoms with Crippen molar-refractivity contribution in [2.24, 2.45) is 5.84 Å². The minimum absolute atomic E-state index is 0. The Kier molecular flexibility index (Phi) is 7.01. The van der Waals surface area contributed by atoms with Gasteiger partial charge in [0.05, 0.1) is 20.6 Å². The maximum atomic E-state index is 5.66. The summed E-state index contributed by atoms with van der Waals surface area (Å²) in [5.41, 5.74) is 0. The smallest absolute Gasteiger partial charge is 0.0955 e. The molecule has 3 heteroatoms. The number of nitrogens with two attached hydrogens (primary N) is 1. The fourth-order valence-corrected chi connectivity index (χ4v) is 0.566. The molecule has 0 amide bonds. The standard InChI is InChI=1S/C6H17N2.BrH/c1-4-5-6-8(2,3)7;/h4-7H2,1-3H3;1H/q+1;/p-1. The Balaban J connectivity index is 0. The molecule has 0 saturated carbocycles. The SMILES string of the molecule is CCCC[N+](C)(C)N.[Br-]. The Bertz CT molecular complexity index is 58.6. The molecule has 2 nitrogen and oxygen atoms in total. The molecule has 0 heterocycles. The predicted octanol–water partition coefficient (Wildman–Crippen LogP) is -2.26. The molecular formula is C6H17BrN2. The summed E-state index contributed by atoms with van der Waals surface area (Å²) >= 11 is 0. The average Bonchev–Trinajstić information content (AvgIpc) is 1.59. The summed E-state index contributed by atoms with van der Waals surface area (Å²) in [6.45, 7) is 3.26. The van der Waals surface area contributed by atoms with Gasteiger partial charge in [0.15, 0.2) is 0 Å². The van der Waals surface area contributed by atoms with E-state index in [2.05, 4.69) is 6.92 Å². The monoisotopic (exact) mass is 196 g/mol. The van der Waals surface area contributed by atoms with E-state index in [-0.39, 0.29) is 17.0 Å². The molecule has 9 heavy (non-hydrogen) atoms. The van der Waals surface area contributed by atoms with Crippen LogP contribution in [0.4, 0.5) is 0 Å².